The van der Waals surface area contributed by atoms with Gasteiger partial charge >= 0.3 is 0 Å². The maximum absolute atomic E-state index is 12.9. The lowest BCUT2D eigenvalue weighted by Crippen LogP contribution is -2.49. The van der Waals surface area contributed by atoms with Crippen LogP contribution in [0.2, 0.25) is 5.02 Å². The molecule has 0 atom stereocenters. The van der Waals surface area contributed by atoms with Crippen molar-refractivity contribution in [3.05, 3.63) is 62.7 Å². The molecule has 0 N–H and O–H groups in total. The summed E-state index contributed by atoms with van der Waals surface area (Å²) in [6, 6.07) is 10.7. The smallest absolute Gasteiger partial charge is 0.292 e. The molecule has 2 heterocycles. The van der Waals surface area contributed by atoms with E-state index in [0.717, 1.165) is 11.3 Å². The Labute approximate surface area is 186 Å². The average molecular weight is 445 g/mol. The molecule has 4 rings (SSSR count). The molecule has 0 aliphatic carbocycles. The summed E-state index contributed by atoms with van der Waals surface area (Å²) in [5.41, 5.74) is 3.18. The third kappa shape index (κ3) is 4.60. The van der Waals surface area contributed by atoms with E-state index in [9.17, 15) is 14.9 Å². The van der Waals surface area contributed by atoms with Crippen molar-refractivity contribution in [2.45, 2.75) is 6.92 Å². The molecule has 2 fully saturated rings. The second-order valence-corrected chi connectivity index (χ2v) is 8.20. The Kier molecular flexibility index (Phi) is 6.29. The van der Waals surface area contributed by atoms with E-state index in [1.165, 1.54) is 0 Å². The molecule has 2 aromatic carbocycles. The molecule has 9 heteroatoms. The van der Waals surface area contributed by atoms with Crippen molar-refractivity contribution in [3.8, 4) is 0 Å². The fourth-order valence-corrected chi connectivity index (χ4v) is 4.37. The molecule has 31 heavy (non-hydrogen) atoms. The van der Waals surface area contributed by atoms with Crippen LogP contribution in [0.4, 0.5) is 17.1 Å². The summed E-state index contributed by atoms with van der Waals surface area (Å²) >= 11 is 6.27. The van der Waals surface area contributed by atoms with Crippen LogP contribution in [0.3, 0.4) is 0 Å². The normalized spacial score (nSPS) is 17.0. The predicted molar refractivity (Wildman–Crippen MR) is 120 cm³/mol. The Morgan fingerprint density at radius 3 is 2.35 bits per heavy atom. The minimum Gasteiger partial charge on any atom is -0.378 e. The second-order valence-electron chi connectivity index (χ2n) is 7.79. The van der Waals surface area contributed by atoms with Gasteiger partial charge in [-0.15, -0.1) is 0 Å². The average Bonchev–Trinajstić information content (AvgIpc) is 2.79. The highest BCUT2D eigenvalue weighted by atomic mass is 35.5. The van der Waals surface area contributed by atoms with Gasteiger partial charge in [0.25, 0.3) is 11.6 Å². The number of hydrogen-bond donors (Lipinski definition) is 0. The first-order valence-electron chi connectivity index (χ1n) is 10.4. The number of halogens is 1. The predicted octanol–water partition coefficient (Wildman–Crippen LogP) is 3.36. The lowest BCUT2D eigenvalue weighted by atomic mass is 10.1. The highest BCUT2D eigenvalue weighted by molar-refractivity contribution is 6.33. The zero-order chi connectivity index (χ0) is 22.0. The quantitative estimate of drug-likeness (QED) is 0.531. The van der Waals surface area contributed by atoms with Gasteiger partial charge in [-0.2, -0.15) is 0 Å². The highest BCUT2D eigenvalue weighted by Gasteiger charge is 2.26. The zero-order valence-electron chi connectivity index (χ0n) is 17.4. The molecule has 0 radical (unpaired) electrons. The summed E-state index contributed by atoms with van der Waals surface area (Å²) in [6.07, 6.45) is 0. The first kappa shape index (κ1) is 21.4. The molecule has 2 aliphatic rings. The summed E-state index contributed by atoms with van der Waals surface area (Å²) in [5.74, 6) is -0.0673. The largest absolute Gasteiger partial charge is 0.378 e. The number of nitro benzene ring substituents is 1. The number of carbonyl (C=O) groups is 1. The van der Waals surface area contributed by atoms with Gasteiger partial charge in [0.05, 0.1) is 28.7 Å². The number of aryl methyl sites for hydroxylation is 1. The Hall–Kier alpha value is -2.84. The summed E-state index contributed by atoms with van der Waals surface area (Å²) in [5, 5.41) is 12.0. The van der Waals surface area contributed by atoms with Crippen molar-refractivity contribution in [2.24, 2.45) is 0 Å². The fourth-order valence-electron chi connectivity index (χ4n) is 4.05. The van der Waals surface area contributed by atoms with Crippen LogP contribution in [0.15, 0.2) is 36.4 Å². The number of piperazine rings is 1. The van der Waals surface area contributed by atoms with E-state index in [0.29, 0.717) is 68.8 Å². The number of nitro groups is 1. The SMILES string of the molecule is Cc1ccc(C(=O)N2CCN(c3ccc([N+](=O)[O-])c(N4CCOCC4)c3)CC2)c(Cl)c1. The van der Waals surface area contributed by atoms with Crippen molar-refractivity contribution in [1.29, 1.82) is 0 Å². The summed E-state index contributed by atoms with van der Waals surface area (Å²) < 4.78 is 5.38. The number of carbonyl (C=O) groups excluding carboxylic acids is 1. The van der Waals surface area contributed by atoms with Gasteiger partial charge in [0.1, 0.15) is 5.69 Å². The Bertz CT molecular complexity index is 985. The number of benzene rings is 2. The van der Waals surface area contributed by atoms with Crippen LogP contribution >= 0.6 is 11.6 Å². The van der Waals surface area contributed by atoms with Crippen molar-refractivity contribution < 1.29 is 14.5 Å². The maximum Gasteiger partial charge on any atom is 0.292 e. The third-order valence-corrected chi connectivity index (χ3v) is 6.11. The molecule has 2 aromatic rings. The molecule has 2 aliphatic heterocycles. The first-order chi connectivity index (χ1) is 14.9. The van der Waals surface area contributed by atoms with Gasteiger partial charge < -0.3 is 19.4 Å². The lowest BCUT2D eigenvalue weighted by molar-refractivity contribution is -0.384. The molecular formula is C22H25ClN4O4. The van der Waals surface area contributed by atoms with Gasteiger partial charge in [-0.3, -0.25) is 14.9 Å². The number of rotatable bonds is 4. The summed E-state index contributed by atoms with van der Waals surface area (Å²) in [4.78, 5) is 30.1. The minimum atomic E-state index is -0.337. The molecule has 0 bridgehead atoms. The van der Waals surface area contributed by atoms with Crippen molar-refractivity contribution in [3.63, 3.8) is 0 Å². The second kappa shape index (κ2) is 9.11. The minimum absolute atomic E-state index is 0.0673. The number of ether oxygens (including phenoxy) is 1. The van der Waals surface area contributed by atoms with Crippen molar-refractivity contribution in [1.82, 2.24) is 4.90 Å². The highest BCUT2D eigenvalue weighted by Crippen LogP contribution is 2.33. The summed E-state index contributed by atoms with van der Waals surface area (Å²) in [7, 11) is 0. The van der Waals surface area contributed by atoms with E-state index in [4.69, 9.17) is 16.3 Å². The number of anilines is 2. The molecule has 8 nitrogen and oxygen atoms in total. The molecule has 0 aromatic heterocycles. The number of nitrogens with zero attached hydrogens (tertiary/aromatic N) is 4. The van der Waals surface area contributed by atoms with Crippen molar-refractivity contribution >= 4 is 34.6 Å². The van der Waals surface area contributed by atoms with Gasteiger partial charge in [-0.05, 0) is 36.8 Å². The van der Waals surface area contributed by atoms with Gasteiger partial charge in [-0.1, -0.05) is 17.7 Å². The Balaban J connectivity index is 1.48. The van der Waals surface area contributed by atoms with Crippen molar-refractivity contribution in [2.75, 3.05) is 62.3 Å². The van der Waals surface area contributed by atoms with E-state index in [-0.39, 0.29) is 16.5 Å². The lowest BCUT2D eigenvalue weighted by Gasteiger charge is -2.37. The fraction of sp³-hybridized carbons (Fsp3) is 0.409. The Morgan fingerprint density at radius 2 is 1.71 bits per heavy atom. The van der Waals surface area contributed by atoms with Crippen LogP contribution < -0.4 is 9.80 Å². The van der Waals surface area contributed by atoms with Gasteiger partial charge in [0, 0.05) is 51.0 Å². The standard InChI is InChI=1S/C22H25ClN4O4/c1-16-2-4-18(19(23)14-16)22(28)26-8-6-24(7-9-26)17-3-5-20(27(29)30)21(15-17)25-10-12-31-13-11-25/h2-5,14-15H,6-13H2,1H3. The molecular weight excluding hydrogens is 420 g/mol. The molecule has 0 spiro atoms. The number of morpholine rings is 1. The third-order valence-electron chi connectivity index (χ3n) is 5.79. The number of hydrogen-bond acceptors (Lipinski definition) is 6. The van der Waals surface area contributed by atoms with E-state index in [1.807, 2.05) is 24.0 Å². The van der Waals surface area contributed by atoms with Crippen LogP contribution in [-0.2, 0) is 4.74 Å². The molecule has 2 saturated heterocycles. The van der Waals surface area contributed by atoms with Gasteiger partial charge in [0.2, 0.25) is 0 Å². The molecule has 0 saturated carbocycles. The molecule has 0 unspecified atom stereocenters. The van der Waals surface area contributed by atoms with Crippen LogP contribution in [-0.4, -0.2) is 68.2 Å². The van der Waals surface area contributed by atoms with Crippen LogP contribution in [0, 0.1) is 17.0 Å². The van der Waals surface area contributed by atoms with Crippen LogP contribution in [0.1, 0.15) is 15.9 Å². The van der Waals surface area contributed by atoms with Crippen LogP contribution in [0.25, 0.3) is 0 Å². The van der Waals surface area contributed by atoms with Gasteiger partial charge in [-0.25, -0.2) is 0 Å². The van der Waals surface area contributed by atoms with Gasteiger partial charge in [0.15, 0.2) is 0 Å². The van der Waals surface area contributed by atoms with E-state index in [2.05, 4.69) is 4.90 Å². The first-order valence-corrected chi connectivity index (χ1v) is 10.7. The van der Waals surface area contributed by atoms with E-state index >= 15 is 0 Å². The topological polar surface area (TPSA) is 79.2 Å². The summed E-state index contributed by atoms with van der Waals surface area (Å²) in [6.45, 7) is 6.74. The number of amides is 1. The Morgan fingerprint density at radius 1 is 1.00 bits per heavy atom. The molecule has 164 valence electrons. The maximum atomic E-state index is 12.9. The van der Waals surface area contributed by atoms with E-state index in [1.54, 1.807) is 29.2 Å². The van der Waals surface area contributed by atoms with Crippen LogP contribution in [0.5, 0.6) is 0 Å². The van der Waals surface area contributed by atoms with E-state index < -0.39 is 0 Å². The monoisotopic (exact) mass is 444 g/mol. The molecule has 1 amide bonds. The zero-order valence-corrected chi connectivity index (χ0v) is 18.2.